The van der Waals surface area contributed by atoms with E-state index in [1.165, 1.54) is 0 Å². The average Bonchev–Trinajstić information content (AvgIpc) is 2.99. The highest BCUT2D eigenvalue weighted by Crippen LogP contribution is 2.31. The lowest BCUT2D eigenvalue weighted by Gasteiger charge is -2.30. The molecule has 0 aromatic rings. The number of ether oxygens (including phenoxy) is 4. The van der Waals surface area contributed by atoms with Gasteiger partial charge in [-0.3, -0.25) is 0 Å². The van der Waals surface area contributed by atoms with Crippen LogP contribution in [0.2, 0.25) is 0 Å². The summed E-state index contributed by atoms with van der Waals surface area (Å²) >= 11 is 0. The van der Waals surface area contributed by atoms with Crippen LogP contribution in [0, 0.1) is 0 Å². The number of aliphatic hydroxyl groups excluding tert-OH is 1. The van der Waals surface area contributed by atoms with Crippen LogP contribution in [0.25, 0.3) is 0 Å². The molecule has 6 atom stereocenters. The largest absolute Gasteiger partial charge is 0.386 e. The summed E-state index contributed by atoms with van der Waals surface area (Å²) in [5.74, 6) is 0. The normalized spacial score (nSPS) is 42.5. The van der Waals surface area contributed by atoms with Crippen LogP contribution in [-0.2, 0) is 18.9 Å². The summed E-state index contributed by atoms with van der Waals surface area (Å²) in [4.78, 5) is 0. The SMILES string of the molecule is CCOC(C)O[C@H]1C=C[C@@H](O)[C@H]([C@H]2O[C@@H]2C)O1. The van der Waals surface area contributed by atoms with Crippen LogP contribution in [0.15, 0.2) is 12.2 Å². The van der Waals surface area contributed by atoms with Crippen molar-refractivity contribution in [2.45, 2.75) is 57.8 Å². The maximum absolute atomic E-state index is 9.77. The number of rotatable bonds is 5. The van der Waals surface area contributed by atoms with Gasteiger partial charge in [0.15, 0.2) is 12.6 Å². The monoisotopic (exact) mass is 244 g/mol. The first kappa shape index (κ1) is 13.0. The molecular formula is C12H20O5. The first-order valence-corrected chi connectivity index (χ1v) is 6.06. The van der Waals surface area contributed by atoms with Crippen LogP contribution in [0.1, 0.15) is 20.8 Å². The Morgan fingerprint density at radius 2 is 2.00 bits per heavy atom. The molecule has 98 valence electrons. The summed E-state index contributed by atoms with van der Waals surface area (Å²) in [5, 5.41) is 9.77. The molecule has 2 aliphatic heterocycles. The van der Waals surface area contributed by atoms with Gasteiger partial charge >= 0.3 is 0 Å². The second-order valence-electron chi connectivity index (χ2n) is 4.31. The minimum atomic E-state index is -0.632. The molecule has 0 aliphatic carbocycles. The van der Waals surface area contributed by atoms with E-state index in [9.17, 15) is 5.11 Å². The first-order valence-electron chi connectivity index (χ1n) is 6.06. The van der Waals surface area contributed by atoms with Gasteiger partial charge in [-0.25, -0.2) is 0 Å². The molecule has 0 aromatic carbocycles. The molecule has 1 unspecified atom stereocenters. The van der Waals surface area contributed by atoms with Gasteiger partial charge in [-0.1, -0.05) is 6.08 Å². The molecule has 0 aromatic heterocycles. The Labute approximate surface area is 101 Å². The predicted octanol–water partition coefficient (Wildman–Crippen LogP) is 0.815. The van der Waals surface area contributed by atoms with E-state index in [4.69, 9.17) is 18.9 Å². The van der Waals surface area contributed by atoms with Crippen molar-refractivity contribution in [1.29, 1.82) is 0 Å². The number of hydrogen-bond acceptors (Lipinski definition) is 5. The standard InChI is InChI=1S/C12H20O5/c1-4-14-8(3)16-10-6-5-9(13)12(17-10)11-7(2)15-11/h5-13H,4H2,1-3H3/t7-,8?,9-,10-,11+,12-/m1/s1. The number of aliphatic hydroxyl groups is 1. The molecule has 0 bridgehead atoms. The molecule has 0 saturated carbocycles. The van der Waals surface area contributed by atoms with Crippen molar-refractivity contribution in [3.63, 3.8) is 0 Å². The fourth-order valence-electron chi connectivity index (χ4n) is 1.95. The quantitative estimate of drug-likeness (QED) is 0.440. The van der Waals surface area contributed by atoms with Crippen LogP contribution in [-0.4, -0.2) is 48.7 Å². The lowest BCUT2D eigenvalue weighted by molar-refractivity contribution is -0.245. The lowest BCUT2D eigenvalue weighted by Crippen LogP contribution is -2.41. The zero-order valence-corrected chi connectivity index (χ0v) is 10.4. The van der Waals surface area contributed by atoms with Gasteiger partial charge in [0.05, 0.1) is 6.10 Å². The van der Waals surface area contributed by atoms with E-state index in [2.05, 4.69) is 0 Å². The molecule has 2 heterocycles. The van der Waals surface area contributed by atoms with E-state index in [0.717, 1.165) is 0 Å². The van der Waals surface area contributed by atoms with Crippen LogP contribution in [0.4, 0.5) is 0 Å². The average molecular weight is 244 g/mol. The number of hydrogen-bond donors (Lipinski definition) is 1. The summed E-state index contributed by atoms with van der Waals surface area (Å²) in [6.07, 6.45) is 1.69. The summed E-state index contributed by atoms with van der Waals surface area (Å²) in [6.45, 7) is 6.27. The minimum absolute atomic E-state index is 0.0385. The molecule has 2 rings (SSSR count). The minimum Gasteiger partial charge on any atom is -0.386 e. The second kappa shape index (κ2) is 5.46. The van der Waals surface area contributed by atoms with E-state index in [1.807, 2.05) is 20.8 Å². The van der Waals surface area contributed by atoms with Crippen LogP contribution >= 0.6 is 0 Å². The fraction of sp³-hybridized carbons (Fsp3) is 0.833. The third-order valence-electron chi connectivity index (χ3n) is 2.90. The highest BCUT2D eigenvalue weighted by Gasteiger charge is 2.47. The zero-order valence-electron chi connectivity index (χ0n) is 10.4. The maximum Gasteiger partial charge on any atom is 0.180 e. The van der Waals surface area contributed by atoms with E-state index < -0.39 is 12.4 Å². The van der Waals surface area contributed by atoms with Crippen LogP contribution in [0.5, 0.6) is 0 Å². The highest BCUT2D eigenvalue weighted by atomic mass is 16.8. The van der Waals surface area contributed by atoms with Crippen molar-refractivity contribution in [2.75, 3.05) is 6.61 Å². The summed E-state index contributed by atoms with van der Waals surface area (Å²) in [7, 11) is 0. The maximum atomic E-state index is 9.77. The Morgan fingerprint density at radius 3 is 2.59 bits per heavy atom. The Balaban J connectivity index is 1.86. The third kappa shape index (κ3) is 3.26. The molecule has 0 spiro atoms. The fourth-order valence-corrected chi connectivity index (χ4v) is 1.95. The van der Waals surface area contributed by atoms with Crippen molar-refractivity contribution in [2.24, 2.45) is 0 Å². The van der Waals surface area contributed by atoms with E-state index in [0.29, 0.717) is 6.61 Å². The van der Waals surface area contributed by atoms with E-state index in [-0.39, 0.29) is 24.6 Å². The Morgan fingerprint density at radius 1 is 1.29 bits per heavy atom. The molecule has 5 heteroatoms. The summed E-state index contributed by atoms with van der Waals surface area (Å²) in [5.41, 5.74) is 0. The topological polar surface area (TPSA) is 60.5 Å². The van der Waals surface area contributed by atoms with E-state index in [1.54, 1.807) is 12.2 Å². The Bertz CT molecular complexity index is 280. The van der Waals surface area contributed by atoms with Gasteiger partial charge < -0.3 is 24.1 Å². The second-order valence-corrected chi connectivity index (χ2v) is 4.31. The van der Waals surface area contributed by atoms with Gasteiger partial charge in [0.1, 0.15) is 18.3 Å². The molecule has 5 nitrogen and oxygen atoms in total. The molecule has 17 heavy (non-hydrogen) atoms. The molecule has 1 N–H and O–H groups in total. The van der Waals surface area contributed by atoms with Crippen LogP contribution in [0.3, 0.4) is 0 Å². The Kier molecular flexibility index (Phi) is 4.17. The van der Waals surface area contributed by atoms with Crippen molar-refractivity contribution >= 4 is 0 Å². The van der Waals surface area contributed by atoms with Gasteiger partial charge in [0.2, 0.25) is 0 Å². The number of epoxide rings is 1. The van der Waals surface area contributed by atoms with Gasteiger partial charge in [0, 0.05) is 6.61 Å². The smallest absolute Gasteiger partial charge is 0.180 e. The molecule has 0 amide bonds. The van der Waals surface area contributed by atoms with Crippen molar-refractivity contribution in [3.05, 3.63) is 12.2 Å². The van der Waals surface area contributed by atoms with Crippen LogP contribution < -0.4 is 0 Å². The molecule has 1 saturated heterocycles. The van der Waals surface area contributed by atoms with Gasteiger partial charge in [-0.15, -0.1) is 0 Å². The molecule has 1 fully saturated rings. The summed E-state index contributed by atoms with van der Waals surface area (Å²) in [6, 6.07) is 0. The molecular weight excluding hydrogens is 224 g/mol. The van der Waals surface area contributed by atoms with Crippen molar-refractivity contribution in [3.8, 4) is 0 Å². The highest BCUT2D eigenvalue weighted by molar-refractivity contribution is 5.05. The zero-order chi connectivity index (χ0) is 12.4. The summed E-state index contributed by atoms with van der Waals surface area (Å²) < 4.78 is 21.8. The lowest BCUT2D eigenvalue weighted by atomic mass is 10.1. The third-order valence-corrected chi connectivity index (χ3v) is 2.90. The van der Waals surface area contributed by atoms with Gasteiger partial charge in [0.25, 0.3) is 0 Å². The Hall–Kier alpha value is -0.460. The molecule has 0 radical (unpaired) electrons. The van der Waals surface area contributed by atoms with Crippen molar-refractivity contribution in [1.82, 2.24) is 0 Å². The first-order chi connectivity index (χ1) is 8.11. The van der Waals surface area contributed by atoms with Gasteiger partial charge in [-0.05, 0) is 26.8 Å². The van der Waals surface area contributed by atoms with Gasteiger partial charge in [-0.2, -0.15) is 0 Å². The van der Waals surface area contributed by atoms with Crippen molar-refractivity contribution < 1.29 is 24.1 Å². The molecule has 2 aliphatic rings. The predicted molar refractivity (Wildman–Crippen MR) is 60.3 cm³/mol. The van der Waals surface area contributed by atoms with E-state index >= 15 is 0 Å².